The molecule has 3 aromatic rings. The molecule has 0 amide bonds. The number of hydrogen-bond donors (Lipinski definition) is 1. The van der Waals surface area contributed by atoms with E-state index in [9.17, 15) is 0 Å². The predicted molar refractivity (Wildman–Crippen MR) is 81.4 cm³/mol. The van der Waals surface area contributed by atoms with Crippen LogP contribution in [-0.2, 0) is 6.42 Å². The van der Waals surface area contributed by atoms with Gasteiger partial charge in [0.15, 0.2) is 0 Å². The van der Waals surface area contributed by atoms with Crippen molar-refractivity contribution < 1.29 is 0 Å². The molecule has 0 saturated heterocycles. The molecular formula is C15H13ClN4. The molecular weight excluding hydrogens is 272 g/mol. The fourth-order valence-electron chi connectivity index (χ4n) is 2.03. The van der Waals surface area contributed by atoms with Gasteiger partial charge in [0.2, 0.25) is 0 Å². The first kappa shape index (κ1) is 12.8. The molecule has 20 heavy (non-hydrogen) atoms. The van der Waals surface area contributed by atoms with E-state index in [1.54, 1.807) is 12.3 Å². The van der Waals surface area contributed by atoms with Crippen LogP contribution in [0.5, 0.6) is 0 Å². The molecule has 0 aliphatic rings. The maximum Gasteiger partial charge on any atom is 0.135 e. The normalized spacial score (nSPS) is 10.7. The highest BCUT2D eigenvalue weighted by molar-refractivity contribution is 6.29. The quantitative estimate of drug-likeness (QED) is 0.739. The van der Waals surface area contributed by atoms with E-state index in [2.05, 4.69) is 20.3 Å². The first-order valence-electron chi connectivity index (χ1n) is 6.40. The van der Waals surface area contributed by atoms with Crippen LogP contribution in [-0.4, -0.2) is 15.0 Å². The Kier molecular flexibility index (Phi) is 3.48. The van der Waals surface area contributed by atoms with Crippen molar-refractivity contribution >= 4 is 34.0 Å². The largest absolute Gasteiger partial charge is 0.338 e. The second-order valence-electron chi connectivity index (χ2n) is 4.35. The lowest BCUT2D eigenvalue weighted by Crippen LogP contribution is -2.00. The lowest BCUT2D eigenvalue weighted by Gasteiger charge is -2.09. The molecule has 4 nitrogen and oxygen atoms in total. The predicted octanol–water partition coefficient (Wildman–Crippen LogP) is 3.98. The number of halogens is 1. The van der Waals surface area contributed by atoms with E-state index in [0.717, 1.165) is 23.0 Å². The summed E-state index contributed by atoms with van der Waals surface area (Å²) in [6, 6.07) is 11.6. The number of aromatic nitrogens is 3. The summed E-state index contributed by atoms with van der Waals surface area (Å²) in [7, 11) is 0. The van der Waals surface area contributed by atoms with Crippen molar-refractivity contribution in [1.29, 1.82) is 0 Å². The number of hydrogen-bond acceptors (Lipinski definition) is 4. The highest BCUT2D eigenvalue weighted by atomic mass is 35.5. The van der Waals surface area contributed by atoms with E-state index in [1.807, 2.05) is 37.3 Å². The highest BCUT2D eigenvalue weighted by Gasteiger charge is 2.05. The minimum Gasteiger partial charge on any atom is -0.338 e. The van der Waals surface area contributed by atoms with Gasteiger partial charge in [0.25, 0.3) is 0 Å². The molecule has 0 saturated carbocycles. The molecule has 0 spiro atoms. The molecule has 1 N–H and O–H groups in total. The summed E-state index contributed by atoms with van der Waals surface area (Å²) in [4.78, 5) is 13.0. The summed E-state index contributed by atoms with van der Waals surface area (Å²) in [5.41, 5.74) is 1.81. The fraction of sp³-hybridized carbons (Fsp3) is 0.133. The molecule has 0 fully saturated rings. The third-order valence-electron chi connectivity index (χ3n) is 2.95. The number of anilines is 2. The number of fused-ring (bicyclic) bond motifs is 1. The molecule has 0 aliphatic carbocycles. The van der Waals surface area contributed by atoms with Crippen LogP contribution in [0.15, 0.2) is 42.6 Å². The first-order valence-corrected chi connectivity index (χ1v) is 6.78. The lowest BCUT2D eigenvalue weighted by atomic mass is 10.2. The highest BCUT2D eigenvalue weighted by Crippen LogP contribution is 2.24. The monoisotopic (exact) mass is 284 g/mol. The molecule has 0 aliphatic heterocycles. The van der Waals surface area contributed by atoms with Crippen LogP contribution in [0.1, 0.15) is 12.7 Å². The van der Waals surface area contributed by atoms with Gasteiger partial charge in [-0.15, -0.1) is 0 Å². The Morgan fingerprint density at radius 2 is 2.00 bits per heavy atom. The van der Waals surface area contributed by atoms with Crippen LogP contribution in [0.4, 0.5) is 11.5 Å². The number of nitrogens with one attached hydrogen (secondary N) is 1. The lowest BCUT2D eigenvalue weighted by molar-refractivity contribution is 0.943. The van der Waals surface area contributed by atoms with Gasteiger partial charge in [-0.2, -0.15) is 0 Å². The van der Waals surface area contributed by atoms with Crippen molar-refractivity contribution in [2.75, 3.05) is 5.32 Å². The van der Waals surface area contributed by atoms with Gasteiger partial charge in [-0.3, -0.25) is 4.98 Å². The fourth-order valence-corrected chi connectivity index (χ4v) is 2.23. The zero-order chi connectivity index (χ0) is 13.9. The summed E-state index contributed by atoms with van der Waals surface area (Å²) in [5, 5.41) is 4.78. The van der Waals surface area contributed by atoms with E-state index in [1.165, 1.54) is 0 Å². The number of aryl methyl sites for hydroxylation is 1. The van der Waals surface area contributed by atoms with E-state index in [-0.39, 0.29) is 0 Å². The van der Waals surface area contributed by atoms with Crippen LogP contribution < -0.4 is 5.32 Å². The van der Waals surface area contributed by atoms with Gasteiger partial charge in [-0.05, 0) is 12.1 Å². The van der Waals surface area contributed by atoms with Crippen LogP contribution >= 0.6 is 11.6 Å². The molecule has 0 unspecified atom stereocenters. The number of benzene rings is 1. The smallest absolute Gasteiger partial charge is 0.135 e. The van der Waals surface area contributed by atoms with E-state index >= 15 is 0 Å². The summed E-state index contributed by atoms with van der Waals surface area (Å²) in [6.07, 6.45) is 2.51. The third kappa shape index (κ3) is 2.56. The second-order valence-corrected chi connectivity index (χ2v) is 4.74. The van der Waals surface area contributed by atoms with Crippen molar-refractivity contribution in [2.45, 2.75) is 13.3 Å². The molecule has 2 heterocycles. The maximum atomic E-state index is 6.01. The standard InChI is InChI=1S/C15H13ClN4/c1-2-13-19-12(16)9-14(20-13)18-11-7-3-5-10-6-4-8-17-15(10)11/h3-9H,2H2,1H3,(H,18,19,20). The number of para-hydroxylation sites is 1. The Hall–Kier alpha value is -2.20. The van der Waals surface area contributed by atoms with Crippen LogP contribution in [0.25, 0.3) is 10.9 Å². The summed E-state index contributed by atoms with van der Waals surface area (Å²) in [6.45, 7) is 1.99. The SMILES string of the molecule is CCc1nc(Cl)cc(Nc2cccc3cccnc23)n1. The summed E-state index contributed by atoms with van der Waals surface area (Å²) >= 11 is 6.01. The molecule has 100 valence electrons. The average molecular weight is 285 g/mol. The molecule has 2 aromatic heterocycles. The summed E-state index contributed by atoms with van der Waals surface area (Å²) in [5.74, 6) is 1.40. The van der Waals surface area contributed by atoms with Crippen molar-refractivity contribution in [3.8, 4) is 0 Å². The first-order chi connectivity index (χ1) is 9.76. The van der Waals surface area contributed by atoms with Gasteiger partial charge >= 0.3 is 0 Å². The Balaban J connectivity index is 2.03. The van der Waals surface area contributed by atoms with E-state index < -0.39 is 0 Å². The molecule has 1 aromatic carbocycles. The maximum absolute atomic E-state index is 6.01. The van der Waals surface area contributed by atoms with Gasteiger partial charge in [-0.25, -0.2) is 9.97 Å². The van der Waals surface area contributed by atoms with Gasteiger partial charge in [0.1, 0.15) is 16.8 Å². The van der Waals surface area contributed by atoms with Gasteiger partial charge in [-0.1, -0.05) is 36.7 Å². The number of pyridine rings is 1. The minimum atomic E-state index is 0.438. The van der Waals surface area contributed by atoms with Crippen LogP contribution in [0, 0.1) is 0 Å². The molecule has 0 radical (unpaired) electrons. The number of nitrogens with zero attached hydrogens (tertiary/aromatic N) is 3. The second kappa shape index (κ2) is 5.43. The summed E-state index contributed by atoms with van der Waals surface area (Å²) < 4.78 is 0. The molecule has 0 bridgehead atoms. The zero-order valence-electron chi connectivity index (χ0n) is 11.0. The number of rotatable bonds is 3. The molecule has 0 atom stereocenters. The van der Waals surface area contributed by atoms with E-state index in [0.29, 0.717) is 16.8 Å². The Morgan fingerprint density at radius 3 is 2.85 bits per heavy atom. The van der Waals surface area contributed by atoms with Crippen molar-refractivity contribution in [3.05, 3.63) is 53.6 Å². The average Bonchev–Trinajstić information content (AvgIpc) is 2.47. The molecule has 3 rings (SSSR count). The van der Waals surface area contributed by atoms with Crippen molar-refractivity contribution in [1.82, 2.24) is 15.0 Å². The van der Waals surface area contributed by atoms with Gasteiger partial charge < -0.3 is 5.32 Å². The Labute approximate surface area is 121 Å². The zero-order valence-corrected chi connectivity index (χ0v) is 11.7. The van der Waals surface area contributed by atoms with Crippen LogP contribution in [0.2, 0.25) is 5.15 Å². The van der Waals surface area contributed by atoms with Gasteiger partial charge in [0.05, 0.1) is 11.2 Å². The topological polar surface area (TPSA) is 50.7 Å². The van der Waals surface area contributed by atoms with Crippen molar-refractivity contribution in [3.63, 3.8) is 0 Å². The molecule has 5 heteroatoms. The van der Waals surface area contributed by atoms with Gasteiger partial charge in [0, 0.05) is 24.1 Å². The Bertz CT molecular complexity index is 752. The Morgan fingerprint density at radius 1 is 1.15 bits per heavy atom. The van der Waals surface area contributed by atoms with Crippen molar-refractivity contribution in [2.24, 2.45) is 0 Å². The third-order valence-corrected chi connectivity index (χ3v) is 3.15. The van der Waals surface area contributed by atoms with Crippen LogP contribution in [0.3, 0.4) is 0 Å². The minimum absolute atomic E-state index is 0.438. The van der Waals surface area contributed by atoms with E-state index in [4.69, 9.17) is 11.6 Å².